The second-order valence-corrected chi connectivity index (χ2v) is 7.26. The van der Waals surface area contributed by atoms with Crippen molar-refractivity contribution in [3.63, 3.8) is 0 Å². The standard InChI is InChI=1S/C17H28O8S3/c1-2-13(18)22-9-17(10-23-14(19)3-6-26,11-24-15(20)4-7-27)12-25-16(21)5-8-28/h26-28H,2-12H2,1H3. The summed E-state index contributed by atoms with van der Waals surface area (Å²) in [5.41, 5.74) is -1.23. The normalized spacial score (nSPS) is 10.9. The summed E-state index contributed by atoms with van der Waals surface area (Å²) in [6.07, 6.45) is 0.362. The Hall–Kier alpha value is -1.07. The number of ether oxygens (including phenoxy) is 4. The van der Waals surface area contributed by atoms with Crippen LogP contribution in [0, 0.1) is 5.41 Å². The van der Waals surface area contributed by atoms with Gasteiger partial charge in [-0.3, -0.25) is 19.2 Å². The van der Waals surface area contributed by atoms with E-state index in [-0.39, 0.29) is 52.1 Å². The topological polar surface area (TPSA) is 105 Å². The van der Waals surface area contributed by atoms with E-state index in [4.69, 9.17) is 18.9 Å². The molecule has 0 unspecified atom stereocenters. The third-order valence-corrected chi connectivity index (χ3v) is 4.06. The van der Waals surface area contributed by atoms with Gasteiger partial charge in [0.15, 0.2) is 0 Å². The van der Waals surface area contributed by atoms with Crippen LogP contribution in [0.4, 0.5) is 0 Å². The number of hydrogen-bond acceptors (Lipinski definition) is 11. The number of carbonyl (C=O) groups excluding carboxylic acids is 4. The first-order chi connectivity index (χ1) is 13.3. The molecule has 0 aromatic carbocycles. The Morgan fingerprint density at radius 3 is 1.14 bits per heavy atom. The van der Waals surface area contributed by atoms with E-state index in [1.807, 2.05) is 0 Å². The molecule has 8 nitrogen and oxygen atoms in total. The van der Waals surface area contributed by atoms with Gasteiger partial charge in [0.05, 0.1) is 19.3 Å². The molecule has 0 atom stereocenters. The second-order valence-electron chi connectivity index (χ2n) is 5.92. The molecule has 0 saturated carbocycles. The highest BCUT2D eigenvalue weighted by molar-refractivity contribution is 7.80. The number of carbonyl (C=O) groups is 4. The van der Waals surface area contributed by atoms with Crippen molar-refractivity contribution in [2.24, 2.45) is 5.41 Å². The molecule has 0 bridgehead atoms. The first-order valence-corrected chi connectivity index (χ1v) is 10.7. The summed E-state index contributed by atoms with van der Waals surface area (Å²) in [7, 11) is 0. The Morgan fingerprint density at radius 2 is 0.893 bits per heavy atom. The van der Waals surface area contributed by atoms with Crippen molar-refractivity contribution in [2.75, 3.05) is 43.7 Å². The van der Waals surface area contributed by atoms with Crippen LogP contribution in [0.2, 0.25) is 0 Å². The minimum absolute atomic E-state index is 0.0762. The molecule has 0 saturated heterocycles. The van der Waals surface area contributed by atoms with Crippen LogP contribution in [0.15, 0.2) is 0 Å². The molecule has 162 valence electrons. The van der Waals surface area contributed by atoms with Gasteiger partial charge >= 0.3 is 23.9 Å². The number of hydrogen-bond donors (Lipinski definition) is 3. The minimum atomic E-state index is -1.23. The molecule has 0 aromatic rings. The van der Waals surface area contributed by atoms with E-state index in [2.05, 4.69) is 37.9 Å². The summed E-state index contributed by atoms with van der Waals surface area (Å²) in [6.45, 7) is 0.572. The second kappa shape index (κ2) is 15.8. The van der Waals surface area contributed by atoms with Crippen molar-refractivity contribution in [3.8, 4) is 0 Å². The lowest BCUT2D eigenvalue weighted by Crippen LogP contribution is -2.44. The summed E-state index contributed by atoms with van der Waals surface area (Å²) in [4.78, 5) is 46.9. The summed E-state index contributed by atoms with van der Waals surface area (Å²) < 4.78 is 20.8. The zero-order valence-corrected chi connectivity index (χ0v) is 18.6. The largest absolute Gasteiger partial charge is 0.465 e. The summed E-state index contributed by atoms with van der Waals surface area (Å²) in [5, 5.41) is 0. The molecule has 0 aliphatic rings. The number of thiol groups is 3. The molecule has 0 rings (SSSR count). The van der Waals surface area contributed by atoms with Gasteiger partial charge in [-0.2, -0.15) is 37.9 Å². The first kappa shape index (κ1) is 26.9. The van der Waals surface area contributed by atoms with Crippen molar-refractivity contribution in [3.05, 3.63) is 0 Å². The van der Waals surface area contributed by atoms with E-state index < -0.39 is 29.3 Å². The highest BCUT2D eigenvalue weighted by atomic mass is 32.1. The molecule has 0 aliphatic carbocycles. The van der Waals surface area contributed by atoms with Gasteiger partial charge in [-0.25, -0.2) is 0 Å². The highest BCUT2D eigenvalue weighted by Crippen LogP contribution is 2.22. The molecule has 28 heavy (non-hydrogen) atoms. The third kappa shape index (κ3) is 12.4. The van der Waals surface area contributed by atoms with Crippen LogP contribution in [-0.2, 0) is 38.1 Å². The fourth-order valence-corrected chi connectivity index (χ4v) is 2.32. The van der Waals surface area contributed by atoms with Crippen LogP contribution in [0.1, 0.15) is 32.6 Å². The predicted molar refractivity (Wildman–Crippen MR) is 112 cm³/mol. The van der Waals surface area contributed by atoms with E-state index in [1.54, 1.807) is 6.92 Å². The maximum atomic E-state index is 11.8. The van der Waals surface area contributed by atoms with Gasteiger partial charge in [0, 0.05) is 23.7 Å². The van der Waals surface area contributed by atoms with E-state index >= 15 is 0 Å². The van der Waals surface area contributed by atoms with Gasteiger partial charge < -0.3 is 18.9 Å². The zero-order chi connectivity index (χ0) is 21.4. The molecular formula is C17H28O8S3. The maximum Gasteiger partial charge on any atom is 0.306 e. The van der Waals surface area contributed by atoms with Crippen molar-refractivity contribution < 1.29 is 38.1 Å². The average molecular weight is 457 g/mol. The molecule has 0 N–H and O–H groups in total. The quantitative estimate of drug-likeness (QED) is 0.194. The van der Waals surface area contributed by atoms with Crippen LogP contribution in [0.3, 0.4) is 0 Å². The number of esters is 4. The van der Waals surface area contributed by atoms with E-state index in [1.165, 1.54) is 0 Å². The molecule has 0 radical (unpaired) electrons. The molecule has 11 heteroatoms. The van der Waals surface area contributed by atoms with Gasteiger partial charge in [-0.05, 0) is 0 Å². The summed E-state index contributed by atoms with van der Waals surface area (Å²) in [5.74, 6) is -1.17. The van der Waals surface area contributed by atoms with Crippen LogP contribution in [0.25, 0.3) is 0 Å². The predicted octanol–water partition coefficient (Wildman–Crippen LogP) is 1.52. The Balaban J connectivity index is 5.32. The third-order valence-electron chi connectivity index (χ3n) is 3.39. The summed E-state index contributed by atoms with van der Waals surface area (Å²) in [6, 6.07) is 0. The zero-order valence-electron chi connectivity index (χ0n) is 15.9. The Kier molecular flexibility index (Phi) is 15.2. The van der Waals surface area contributed by atoms with Crippen LogP contribution >= 0.6 is 37.9 Å². The maximum absolute atomic E-state index is 11.8. The van der Waals surface area contributed by atoms with E-state index in [0.717, 1.165) is 0 Å². The number of rotatable bonds is 15. The lowest BCUT2D eigenvalue weighted by molar-refractivity contribution is -0.170. The van der Waals surface area contributed by atoms with E-state index in [0.29, 0.717) is 17.3 Å². The molecule has 0 amide bonds. The summed E-state index contributed by atoms with van der Waals surface area (Å²) >= 11 is 11.9. The van der Waals surface area contributed by atoms with Gasteiger partial charge in [0.2, 0.25) is 0 Å². The lowest BCUT2D eigenvalue weighted by Gasteiger charge is -2.31. The van der Waals surface area contributed by atoms with Crippen molar-refractivity contribution in [1.82, 2.24) is 0 Å². The molecular weight excluding hydrogens is 428 g/mol. The molecule has 0 aliphatic heterocycles. The van der Waals surface area contributed by atoms with Gasteiger partial charge in [-0.15, -0.1) is 0 Å². The van der Waals surface area contributed by atoms with Gasteiger partial charge in [-0.1, -0.05) is 6.92 Å². The fraction of sp³-hybridized carbons (Fsp3) is 0.765. The van der Waals surface area contributed by atoms with E-state index in [9.17, 15) is 19.2 Å². The monoisotopic (exact) mass is 456 g/mol. The van der Waals surface area contributed by atoms with Crippen molar-refractivity contribution in [2.45, 2.75) is 32.6 Å². The Bertz CT molecular complexity index is 458. The highest BCUT2D eigenvalue weighted by Gasteiger charge is 2.37. The Labute approximate surface area is 181 Å². The average Bonchev–Trinajstić information content (AvgIpc) is 2.67. The van der Waals surface area contributed by atoms with Crippen LogP contribution in [0.5, 0.6) is 0 Å². The first-order valence-electron chi connectivity index (χ1n) is 8.77. The van der Waals surface area contributed by atoms with Crippen molar-refractivity contribution >= 4 is 61.8 Å². The minimum Gasteiger partial charge on any atom is -0.465 e. The van der Waals surface area contributed by atoms with Crippen molar-refractivity contribution in [1.29, 1.82) is 0 Å². The molecule has 0 heterocycles. The van der Waals surface area contributed by atoms with Crippen LogP contribution in [-0.4, -0.2) is 67.6 Å². The van der Waals surface area contributed by atoms with Gasteiger partial charge in [0.1, 0.15) is 31.8 Å². The fourth-order valence-electron chi connectivity index (χ4n) is 1.78. The SMILES string of the molecule is CCC(=O)OCC(COC(=O)CCS)(COC(=O)CCS)COC(=O)CCS. The van der Waals surface area contributed by atoms with Gasteiger partial charge in [0.25, 0.3) is 0 Å². The lowest BCUT2D eigenvalue weighted by atomic mass is 9.92. The molecule has 0 spiro atoms. The van der Waals surface area contributed by atoms with Crippen LogP contribution < -0.4 is 0 Å². The molecule has 0 fully saturated rings. The molecule has 0 aromatic heterocycles. The Morgan fingerprint density at radius 1 is 0.607 bits per heavy atom. The smallest absolute Gasteiger partial charge is 0.306 e.